The van der Waals surface area contributed by atoms with Crippen LogP contribution in [0.1, 0.15) is 12.6 Å². The van der Waals surface area contributed by atoms with Crippen molar-refractivity contribution in [3.8, 4) is 0 Å². The summed E-state index contributed by atoms with van der Waals surface area (Å²) in [5.41, 5.74) is 5.42. The molecule has 31 heavy (non-hydrogen) atoms. The topological polar surface area (TPSA) is 115 Å². The number of aromatic amines is 1. The molecule has 4 rings (SSSR count). The second-order valence-electron chi connectivity index (χ2n) is 6.99. The lowest BCUT2D eigenvalue weighted by Gasteiger charge is -2.26. The number of para-hydroxylation sites is 2. The molecule has 1 aliphatic heterocycles. The van der Waals surface area contributed by atoms with Crippen molar-refractivity contribution in [3.05, 3.63) is 72.1 Å². The van der Waals surface area contributed by atoms with E-state index in [1.807, 2.05) is 37.3 Å². The number of benzene rings is 2. The Morgan fingerprint density at radius 2 is 1.71 bits per heavy atom. The van der Waals surface area contributed by atoms with E-state index in [-0.39, 0.29) is 6.17 Å². The second-order valence-corrected chi connectivity index (χ2v) is 8.14. The summed E-state index contributed by atoms with van der Waals surface area (Å²) in [5.74, 6) is 0. The van der Waals surface area contributed by atoms with Crippen LogP contribution in [-0.4, -0.2) is 38.3 Å². The fraction of sp³-hybridized carbons (Fsp3) is 0.238. The zero-order chi connectivity index (χ0) is 22.6. The first kappa shape index (κ1) is 22.6. The van der Waals surface area contributed by atoms with Gasteiger partial charge in [-0.25, -0.2) is 13.4 Å². The van der Waals surface area contributed by atoms with E-state index in [0.717, 1.165) is 35.1 Å². The van der Waals surface area contributed by atoms with Crippen LogP contribution < -0.4 is 10.0 Å². The maximum absolute atomic E-state index is 9.22. The van der Waals surface area contributed by atoms with Crippen LogP contribution in [0.5, 0.6) is 0 Å². The SMILES string of the molecule is CC1=CC(N=Nc2c(C)[nH]c3ccccc23)N(c2ccccc2)[NH+]1C.COS(=O)(=O)[O-]. The highest BCUT2D eigenvalue weighted by atomic mass is 32.3. The molecular weight excluding hydrogens is 418 g/mol. The number of hydrogen-bond donors (Lipinski definition) is 2. The summed E-state index contributed by atoms with van der Waals surface area (Å²) in [4.78, 5) is 3.37. The molecule has 0 saturated heterocycles. The molecule has 2 N–H and O–H groups in total. The number of rotatable bonds is 4. The first-order valence-electron chi connectivity index (χ1n) is 9.57. The molecule has 9 nitrogen and oxygen atoms in total. The Bertz CT molecular complexity index is 1200. The van der Waals surface area contributed by atoms with Crippen molar-refractivity contribution in [2.45, 2.75) is 20.0 Å². The Hall–Kier alpha value is -3.05. The maximum atomic E-state index is 9.22. The Morgan fingerprint density at radius 3 is 2.35 bits per heavy atom. The zero-order valence-corrected chi connectivity index (χ0v) is 18.6. The summed E-state index contributed by atoms with van der Waals surface area (Å²) < 4.78 is 31.0. The summed E-state index contributed by atoms with van der Waals surface area (Å²) in [7, 11) is -1.47. The molecule has 2 heterocycles. The van der Waals surface area contributed by atoms with Crippen molar-refractivity contribution >= 4 is 32.7 Å². The van der Waals surface area contributed by atoms with Gasteiger partial charge in [-0.3, -0.25) is 4.18 Å². The number of anilines is 1. The zero-order valence-electron chi connectivity index (χ0n) is 17.7. The van der Waals surface area contributed by atoms with Gasteiger partial charge in [0.25, 0.3) is 0 Å². The maximum Gasteiger partial charge on any atom is 0.217 e. The monoisotopic (exact) mass is 443 g/mol. The number of aryl methyl sites for hydroxylation is 1. The third kappa shape index (κ3) is 5.36. The number of aromatic nitrogens is 1. The van der Waals surface area contributed by atoms with Crippen molar-refractivity contribution in [3.63, 3.8) is 0 Å². The van der Waals surface area contributed by atoms with E-state index in [0.29, 0.717) is 0 Å². The number of nitrogens with one attached hydrogen (secondary N) is 2. The highest BCUT2D eigenvalue weighted by molar-refractivity contribution is 7.80. The van der Waals surface area contributed by atoms with E-state index < -0.39 is 10.4 Å². The normalized spacial score (nSPS) is 18.9. The van der Waals surface area contributed by atoms with E-state index in [1.54, 1.807) is 0 Å². The molecule has 0 spiro atoms. The number of nitrogens with zero attached hydrogens (tertiary/aromatic N) is 3. The summed E-state index contributed by atoms with van der Waals surface area (Å²) in [6.45, 7) is 4.16. The van der Waals surface area contributed by atoms with Gasteiger partial charge in [0, 0.05) is 29.6 Å². The van der Waals surface area contributed by atoms with Crippen molar-refractivity contribution in [1.82, 2.24) is 4.98 Å². The summed E-state index contributed by atoms with van der Waals surface area (Å²) in [6.07, 6.45) is 2.05. The Labute approximate surface area is 181 Å². The van der Waals surface area contributed by atoms with E-state index in [2.05, 4.69) is 68.7 Å². The number of azo groups is 1. The van der Waals surface area contributed by atoms with E-state index in [1.165, 1.54) is 10.7 Å². The van der Waals surface area contributed by atoms with Gasteiger partial charge in [-0.1, -0.05) is 36.4 Å². The predicted molar refractivity (Wildman–Crippen MR) is 118 cm³/mol. The van der Waals surface area contributed by atoms with Gasteiger partial charge in [0.1, 0.15) is 11.4 Å². The quantitative estimate of drug-likeness (QED) is 0.366. The number of quaternary nitrogens is 1. The first-order chi connectivity index (χ1) is 14.7. The standard InChI is InChI=1S/C20H21N5.CH4O4S/c1-14-13-19(25(24(14)3)16-9-5-4-6-10-16)22-23-20-15(2)21-18-12-8-7-11-17(18)20;1-5-6(2,3)4/h4-13,19,21H,1-3H3;1H3,(H,2,3,4). The molecule has 0 aliphatic carbocycles. The minimum atomic E-state index is -4.41. The van der Waals surface area contributed by atoms with E-state index in [4.69, 9.17) is 0 Å². The average molecular weight is 444 g/mol. The molecule has 2 atom stereocenters. The smallest absolute Gasteiger partial charge is 0.217 e. The first-order valence-corrected chi connectivity index (χ1v) is 10.9. The molecule has 0 radical (unpaired) electrons. The van der Waals surface area contributed by atoms with Gasteiger partial charge in [-0.05, 0) is 25.1 Å². The number of hydrogen-bond acceptors (Lipinski definition) is 7. The molecule has 0 fully saturated rings. The lowest BCUT2D eigenvalue weighted by atomic mass is 10.2. The summed E-state index contributed by atoms with van der Waals surface area (Å²) in [6, 6.07) is 18.5. The molecule has 1 aliphatic rings. The van der Waals surface area contributed by atoms with Crippen molar-refractivity contribution in [2.75, 3.05) is 19.2 Å². The van der Waals surface area contributed by atoms with Crippen LogP contribution in [0.4, 0.5) is 11.4 Å². The summed E-state index contributed by atoms with van der Waals surface area (Å²) >= 11 is 0. The van der Waals surface area contributed by atoms with Crippen LogP contribution in [-0.2, 0) is 14.6 Å². The molecule has 2 aromatic carbocycles. The number of H-pyrrole nitrogens is 1. The highest BCUT2D eigenvalue weighted by Crippen LogP contribution is 2.30. The third-order valence-electron chi connectivity index (χ3n) is 4.97. The van der Waals surface area contributed by atoms with Crippen LogP contribution in [0.2, 0.25) is 0 Å². The van der Waals surface area contributed by atoms with Crippen LogP contribution in [0.15, 0.2) is 76.6 Å². The number of fused-ring (bicyclic) bond motifs is 1. The fourth-order valence-electron chi connectivity index (χ4n) is 3.33. The third-order valence-corrected chi connectivity index (χ3v) is 5.38. The fourth-order valence-corrected chi connectivity index (χ4v) is 3.33. The Kier molecular flexibility index (Phi) is 6.86. The molecule has 3 aromatic rings. The molecule has 0 amide bonds. The molecule has 2 unspecified atom stereocenters. The van der Waals surface area contributed by atoms with Gasteiger partial charge in [-0.2, -0.15) is 15.2 Å². The van der Waals surface area contributed by atoms with Crippen molar-refractivity contribution in [2.24, 2.45) is 10.2 Å². The van der Waals surface area contributed by atoms with Gasteiger partial charge >= 0.3 is 0 Å². The van der Waals surface area contributed by atoms with Gasteiger partial charge in [-0.15, -0.1) is 0 Å². The molecule has 1 aromatic heterocycles. The van der Waals surface area contributed by atoms with Crippen LogP contribution in [0, 0.1) is 6.92 Å². The summed E-state index contributed by atoms with van der Waals surface area (Å²) in [5, 5.41) is 13.8. The van der Waals surface area contributed by atoms with Gasteiger partial charge in [0.05, 0.1) is 19.8 Å². The minimum absolute atomic E-state index is 0.115. The van der Waals surface area contributed by atoms with Gasteiger partial charge in [0.2, 0.25) is 16.6 Å². The molecule has 164 valence electrons. The predicted octanol–water partition coefficient (Wildman–Crippen LogP) is 2.83. The van der Waals surface area contributed by atoms with Crippen LogP contribution >= 0.6 is 0 Å². The Morgan fingerprint density at radius 1 is 1.10 bits per heavy atom. The molecule has 0 saturated carbocycles. The van der Waals surface area contributed by atoms with Crippen molar-refractivity contribution in [1.29, 1.82) is 0 Å². The highest BCUT2D eigenvalue weighted by Gasteiger charge is 2.33. The molecule has 0 bridgehead atoms. The largest absolute Gasteiger partial charge is 0.726 e. The lowest BCUT2D eigenvalue weighted by molar-refractivity contribution is -0.844. The van der Waals surface area contributed by atoms with Gasteiger partial charge in [0.15, 0.2) is 0 Å². The van der Waals surface area contributed by atoms with E-state index in [9.17, 15) is 13.0 Å². The van der Waals surface area contributed by atoms with E-state index >= 15 is 0 Å². The van der Waals surface area contributed by atoms with Crippen LogP contribution in [0.25, 0.3) is 10.9 Å². The number of allylic oxidation sites excluding steroid dienone is 1. The minimum Gasteiger partial charge on any atom is -0.726 e. The van der Waals surface area contributed by atoms with Gasteiger partial charge < -0.3 is 9.54 Å². The second kappa shape index (κ2) is 9.40. The molecular formula is C21H25N5O4S. The van der Waals surface area contributed by atoms with Crippen molar-refractivity contribution < 1.29 is 22.2 Å². The lowest BCUT2D eigenvalue weighted by Crippen LogP contribution is -3.13. The molecule has 10 heteroatoms. The Balaban J connectivity index is 0.000000401. The average Bonchev–Trinajstić information content (AvgIpc) is 3.22. The van der Waals surface area contributed by atoms with Crippen LogP contribution in [0.3, 0.4) is 0 Å².